The molecule has 1 aromatic carbocycles. The smallest absolute Gasteiger partial charge is 0.132 e. The molecule has 1 aromatic heterocycles. The topological polar surface area (TPSA) is 42.4 Å². The van der Waals surface area contributed by atoms with Crippen molar-refractivity contribution in [2.45, 2.75) is 6.92 Å². The van der Waals surface area contributed by atoms with E-state index in [4.69, 9.17) is 4.74 Å². The van der Waals surface area contributed by atoms with Crippen molar-refractivity contribution in [3.8, 4) is 11.5 Å². The van der Waals surface area contributed by atoms with Gasteiger partial charge in [-0.2, -0.15) is 0 Å². The van der Waals surface area contributed by atoms with Crippen LogP contribution in [-0.4, -0.2) is 16.7 Å². The molecule has 1 N–H and O–H groups in total. The van der Waals surface area contributed by atoms with Gasteiger partial charge in [-0.25, -0.2) is 0 Å². The van der Waals surface area contributed by atoms with Crippen LogP contribution in [0.3, 0.4) is 0 Å². The van der Waals surface area contributed by atoms with Gasteiger partial charge in [-0.3, -0.25) is 4.98 Å². The fraction of sp³-hybridized carbons (Fsp3) is 0.182. The van der Waals surface area contributed by atoms with Gasteiger partial charge in [0.2, 0.25) is 0 Å². The molecule has 3 heteroatoms. The summed E-state index contributed by atoms with van der Waals surface area (Å²) in [7, 11) is 0. The number of hydrogen-bond donors (Lipinski definition) is 1. The van der Waals surface area contributed by atoms with Crippen LogP contribution in [0.1, 0.15) is 6.92 Å². The van der Waals surface area contributed by atoms with Crippen LogP contribution in [0.15, 0.2) is 30.6 Å². The normalized spacial score (nSPS) is 10.4. The zero-order valence-corrected chi connectivity index (χ0v) is 7.90. The highest BCUT2D eigenvalue weighted by molar-refractivity contribution is 5.88. The molecule has 3 nitrogen and oxygen atoms in total. The Morgan fingerprint density at radius 2 is 2.29 bits per heavy atom. The fourth-order valence-electron chi connectivity index (χ4n) is 1.42. The number of fused-ring (bicyclic) bond motifs is 1. The summed E-state index contributed by atoms with van der Waals surface area (Å²) >= 11 is 0. The van der Waals surface area contributed by atoms with Crippen molar-refractivity contribution in [3.63, 3.8) is 0 Å². The highest BCUT2D eigenvalue weighted by atomic mass is 16.5. The highest BCUT2D eigenvalue weighted by Gasteiger charge is 2.03. The number of pyridine rings is 1. The Bertz CT molecular complexity index is 454. The van der Waals surface area contributed by atoms with Crippen molar-refractivity contribution in [1.82, 2.24) is 4.98 Å². The third kappa shape index (κ3) is 1.48. The van der Waals surface area contributed by atoms with Crippen molar-refractivity contribution in [2.24, 2.45) is 0 Å². The molecule has 0 unspecified atom stereocenters. The summed E-state index contributed by atoms with van der Waals surface area (Å²) in [4.78, 5) is 4.02. The van der Waals surface area contributed by atoms with Gasteiger partial charge in [-0.05, 0) is 24.4 Å². The van der Waals surface area contributed by atoms with Crippen LogP contribution >= 0.6 is 0 Å². The Hall–Kier alpha value is -1.77. The minimum absolute atomic E-state index is 0.215. The van der Waals surface area contributed by atoms with Gasteiger partial charge in [0.15, 0.2) is 0 Å². The van der Waals surface area contributed by atoms with Crippen LogP contribution < -0.4 is 4.74 Å². The lowest BCUT2D eigenvalue weighted by molar-refractivity contribution is 0.342. The summed E-state index contributed by atoms with van der Waals surface area (Å²) in [6.07, 6.45) is 3.43. The van der Waals surface area contributed by atoms with E-state index >= 15 is 0 Å². The Morgan fingerprint density at radius 3 is 3.07 bits per heavy atom. The molecule has 0 atom stereocenters. The molecule has 2 rings (SSSR count). The van der Waals surface area contributed by atoms with E-state index in [2.05, 4.69) is 4.98 Å². The second-order valence-electron chi connectivity index (χ2n) is 2.97. The van der Waals surface area contributed by atoms with Crippen LogP contribution in [0, 0.1) is 0 Å². The summed E-state index contributed by atoms with van der Waals surface area (Å²) < 4.78 is 5.40. The lowest BCUT2D eigenvalue weighted by Gasteiger charge is -2.07. The molecule has 0 bridgehead atoms. The number of aromatic hydroxyl groups is 1. The van der Waals surface area contributed by atoms with Crippen molar-refractivity contribution >= 4 is 10.8 Å². The van der Waals surface area contributed by atoms with Crippen LogP contribution in [0.4, 0.5) is 0 Å². The third-order valence-corrected chi connectivity index (χ3v) is 2.00. The van der Waals surface area contributed by atoms with E-state index in [0.717, 1.165) is 10.8 Å². The number of hydrogen-bond acceptors (Lipinski definition) is 3. The minimum atomic E-state index is 0.215. The van der Waals surface area contributed by atoms with Crippen molar-refractivity contribution in [1.29, 1.82) is 0 Å². The van der Waals surface area contributed by atoms with Gasteiger partial charge in [-0.1, -0.05) is 0 Å². The molecule has 0 aliphatic heterocycles. The first-order chi connectivity index (χ1) is 6.81. The van der Waals surface area contributed by atoms with E-state index in [1.54, 1.807) is 24.5 Å². The van der Waals surface area contributed by atoms with E-state index in [1.807, 2.05) is 13.0 Å². The summed E-state index contributed by atoms with van der Waals surface area (Å²) in [5.74, 6) is 0.891. The summed E-state index contributed by atoms with van der Waals surface area (Å²) in [6, 6.07) is 5.14. The van der Waals surface area contributed by atoms with Crippen molar-refractivity contribution in [2.75, 3.05) is 6.61 Å². The lowest BCUT2D eigenvalue weighted by Crippen LogP contribution is -1.92. The maximum atomic E-state index is 9.44. The summed E-state index contributed by atoms with van der Waals surface area (Å²) in [5, 5.41) is 11.3. The number of aromatic nitrogens is 1. The first-order valence-electron chi connectivity index (χ1n) is 4.51. The van der Waals surface area contributed by atoms with Gasteiger partial charge >= 0.3 is 0 Å². The molecule has 2 aromatic rings. The average molecular weight is 189 g/mol. The molecular formula is C11H11NO2. The Labute approximate surface area is 82.0 Å². The van der Waals surface area contributed by atoms with Gasteiger partial charge in [-0.15, -0.1) is 0 Å². The molecule has 0 aliphatic carbocycles. The number of rotatable bonds is 2. The second-order valence-corrected chi connectivity index (χ2v) is 2.97. The van der Waals surface area contributed by atoms with E-state index < -0.39 is 0 Å². The van der Waals surface area contributed by atoms with Crippen LogP contribution in [0.25, 0.3) is 10.8 Å². The van der Waals surface area contributed by atoms with Gasteiger partial charge < -0.3 is 9.84 Å². The molecule has 0 saturated carbocycles. The van der Waals surface area contributed by atoms with E-state index in [-0.39, 0.29) is 5.75 Å². The van der Waals surface area contributed by atoms with Crippen molar-refractivity contribution < 1.29 is 9.84 Å². The quantitative estimate of drug-likeness (QED) is 0.788. The summed E-state index contributed by atoms with van der Waals surface area (Å²) in [6.45, 7) is 2.49. The maximum Gasteiger partial charge on any atom is 0.132 e. The Balaban J connectivity index is 2.67. The number of benzene rings is 1. The maximum absolute atomic E-state index is 9.44. The monoisotopic (exact) mass is 189 g/mol. The molecule has 0 spiro atoms. The SMILES string of the molecule is CCOc1cc(O)cc2ccncc12. The lowest BCUT2D eigenvalue weighted by atomic mass is 10.1. The Kier molecular flexibility index (Phi) is 2.23. The number of nitrogens with zero attached hydrogens (tertiary/aromatic N) is 1. The number of phenolic OH excluding ortho intramolecular Hbond substituents is 1. The highest BCUT2D eigenvalue weighted by Crippen LogP contribution is 2.29. The zero-order valence-electron chi connectivity index (χ0n) is 7.90. The number of phenols is 1. The molecule has 14 heavy (non-hydrogen) atoms. The van der Waals surface area contributed by atoms with Crippen LogP contribution in [0.5, 0.6) is 11.5 Å². The molecule has 72 valence electrons. The second kappa shape index (κ2) is 3.54. The summed E-state index contributed by atoms with van der Waals surface area (Å²) in [5.41, 5.74) is 0. The van der Waals surface area contributed by atoms with E-state index in [0.29, 0.717) is 12.4 Å². The molecule has 1 heterocycles. The predicted octanol–water partition coefficient (Wildman–Crippen LogP) is 2.34. The number of ether oxygens (including phenoxy) is 1. The van der Waals surface area contributed by atoms with Crippen LogP contribution in [-0.2, 0) is 0 Å². The molecule has 0 aliphatic rings. The third-order valence-electron chi connectivity index (χ3n) is 2.00. The minimum Gasteiger partial charge on any atom is -0.508 e. The van der Waals surface area contributed by atoms with Crippen LogP contribution in [0.2, 0.25) is 0 Å². The van der Waals surface area contributed by atoms with E-state index in [9.17, 15) is 5.11 Å². The standard InChI is InChI=1S/C11H11NO2/c1-2-14-11-6-9(13)5-8-3-4-12-7-10(8)11/h3-7,13H,2H2,1H3. The molecule has 0 amide bonds. The van der Waals surface area contributed by atoms with Gasteiger partial charge in [0, 0.05) is 23.8 Å². The van der Waals surface area contributed by atoms with E-state index in [1.165, 1.54) is 0 Å². The van der Waals surface area contributed by atoms with Gasteiger partial charge in [0.05, 0.1) is 6.61 Å². The first kappa shape index (κ1) is 8.81. The average Bonchev–Trinajstić information content (AvgIpc) is 2.18. The molecule has 0 radical (unpaired) electrons. The van der Waals surface area contributed by atoms with Gasteiger partial charge in [0.25, 0.3) is 0 Å². The zero-order chi connectivity index (χ0) is 9.97. The molecular weight excluding hydrogens is 178 g/mol. The molecule has 0 saturated heterocycles. The van der Waals surface area contributed by atoms with Crippen molar-refractivity contribution in [3.05, 3.63) is 30.6 Å². The first-order valence-corrected chi connectivity index (χ1v) is 4.51. The molecule has 0 fully saturated rings. The predicted molar refractivity (Wildman–Crippen MR) is 54.6 cm³/mol. The fourth-order valence-corrected chi connectivity index (χ4v) is 1.42. The largest absolute Gasteiger partial charge is 0.508 e. The van der Waals surface area contributed by atoms with Gasteiger partial charge in [0.1, 0.15) is 11.5 Å². The Morgan fingerprint density at radius 1 is 1.43 bits per heavy atom.